The van der Waals surface area contributed by atoms with Gasteiger partial charge in [-0.15, -0.1) is 0 Å². The Morgan fingerprint density at radius 1 is 0.972 bits per heavy atom. The Morgan fingerprint density at radius 3 is 2.44 bits per heavy atom. The van der Waals surface area contributed by atoms with Crippen molar-refractivity contribution in [2.45, 2.75) is 25.9 Å². The summed E-state index contributed by atoms with van der Waals surface area (Å²) < 4.78 is 5.45. The van der Waals surface area contributed by atoms with Gasteiger partial charge in [-0.25, -0.2) is 0 Å². The SMILES string of the molecule is Cc1ccc(-c2[nH]c3ccccc3c2[C@H]2c3ccccc3C(=O)N2[C@H](C)C(=O)N2CCOCC2)cc1. The van der Waals surface area contributed by atoms with Crippen LogP contribution in [0.25, 0.3) is 22.2 Å². The summed E-state index contributed by atoms with van der Waals surface area (Å²) in [5, 5.41) is 1.05. The number of aryl methyl sites for hydroxylation is 1. The summed E-state index contributed by atoms with van der Waals surface area (Å²) in [7, 11) is 0. The Bertz CT molecular complexity index is 1450. The van der Waals surface area contributed by atoms with Crippen LogP contribution in [0.4, 0.5) is 0 Å². The number of para-hydroxylation sites is 1. The van der Waals surface area contributed by atoms with E-state index in [0.29, 0.717) is 31.9 Å². The van der Waals surface area contributed by atoms with Crippen LogP contribution in [-0.2, 0) is 9.53 Å². The van der Waals surface area contributed by atoms with Gasteiger partial charge in [0.05, 0.1) is 24.9 Å². The summed E-state index contributed by atoms with van der Waals surface area (Å²) in [5.74, 6) is -0.147. The van der Waals surface area contributed by atoms with Gasteiger partial charge >= 0.3 is 0 Å². The number of aromatic amines is 1. The van der Waals surface area contributed by atoms with Gasteiger partial charge in [0, 0.05) is 35.1 Å². The van der Waals surface area contributed by atoms with Crippen LogP contribution < -0.4 is 0 Å². The van der Waals surface area contributed by atoms with E-state index in [9.17, 15) is 9.59 Å². The molecule has 3 heterocycles. The van der Waals surface area contributed by atoms with Crippen LogP contribution in [0.1, 0.15) is 40.0 Å². The number of amides is 2. The average Bonchev–Trinajstić information content (AvgIpc) is 3.44. The molecule has 2 atom stereocenters. The molecule has 0 saturated carbocycles. The van der Waals surface area contributed by atoms with Crippen molar-refractivity contribution in [1.29, 1.82) is 0 Å². The van der Waals surface area contributed by atoms with E-state index in [4.69, 9.17) is 4.74 Å². The minimum atomic E-state index is -0.618. The summed E-state index contributed by atoms with van der Waals surface area (Å²) in [6.07, 6.45) is 0. The van der Waals surface area contributed by atoms with Gasteiger partial charge in [-0.1, -0.05) is 66.2 Å². The largest absolute Gasteiger partial charge is 0.378 e. The number of nitrogens with one attached hydrogen (secondary N) is 1. The molecule has 182 valence electrons. The Balaban J connectivity index is 1.54. The van der Waals surface area contributed by atoms with Gasteiger partial charge in [-0.2, -0.15) is 0 Å². The van der Waals surface area contributed by atoms with Crippen molar-refractivity contribution < 1.29 is 14.3 Å². The van der Waals surface area contributed by atoms with Gasteiger partial charge in [-0.05, 0) is 37.1 Å². The highest BCUT2D eigenvalue weighted by molar-refractivity contribution is 6.04. The molecule has 6 rings (SSSR count). The summed E-state index contributed by atoms with van der Waals surface area (Å²) in [5.41, 5.74) is 6.83. The molecular weight excluding hydrogens is 450 g/mol. The van der Waals surface area contributed by atoms with Crippen molar-refractivity contribution in [3.05, 3.63) is 95.1 Å². The predicted octanol–water partition coefficient (Wildman–Crippen LogP) is 4.94. The highest BCUT2D eigenvalue weighted by atomic mass is 16.5. The lowest BCUT2D eigenvalue weighted by Gasteiger charge is -2.36. The molecule has 3 aromatic carbocycles. The maximum atomic E-state index is 13.9. The van der Waals surface area contributed by atoms with E-state index >= 15 is 0 Å². The highest BCUT2D eigenvalue weighted by Crippen LogP contribution is 2.46. The quantitative estimate of drug-likeness (QED) is 0.451. The average molecular weight is 480 g/mol. The molecule has 2 aliphatic heterocycles. The molecule has 0 unspecified atom stereocenters. The lowest BCUT2D eigenvalue weighted by Crippen LogP contribution is -2.51. The first-order chi connectivity index (χ1) is 17.5. The molecule has 2 aliphatic rings. The molecule has 1 aromatic heterocycles. The van der Waals surface area contributed by atoms with Crippen LogP contribution in [0, 0.1) is 6.92 Å². The van der Waals surface area contributed by atoms with E-state index in [2.05, 4.69) is 48.3 Å². The van der Waals surface area contributed by atoms with Crippen molar-refractivity contribution in [3.8, 4) is 11.3 Å². The number of hydrogen-bond donors (Lipinski definition) is 1. The first-order valence-electron chi connectivity index (χ1n) is 12.5. The zero-order chi connectivity index (χ0) is 24.8. The zero-order valence-electron chi connectivity index (χ0n) is 20.5. The number of nitrogens with zero attached hydrogens (tertiary/aromatic N) is 2. The van der Waals surface area contributed by atoms with Crippen LogP contribution >= 0.6 is 0 Å². The number of carbonyl (C=O) groups excluding carboxylic acids is 2. The summed E-state index contributed by atoms with van der Waals surface area (Å²) in [4.78, 5) is 34.7. The van der Waals surface area contributed by atoms with Crippen molar-refractivity contribution in [1.82, 2.24) is 14.8 Å². The number of H-pyrrole nitrogens is 1. The van der Waals surface area contributed by atoms with Crippen LogP contribution in [0.5, 0.6) is 0 Å². The first-order valence-corrected chi connectivity index (χ1v) is 12.5. The first kappa shape index (κ1) is 22.6. The number of benzene rings is 3. The van der Waals surface area contributed by atoms with Gasteiger partial charge in [-0.3, -0.25) is 9.59 Å². The van der Waals surface area contributed by atoms with E-state index in [1.165, 1.54) is 5.56 Å². The summed E-state index contributed by atoms with van der Waals surface area (Å²) in [6.45, 7) is 6.07. The Morgan fingerprint density at radius 2 is 1.67 bits per heavy atom. The fraction of sp³-hybridized carbons (Fsp3) is 0.267. The third-order valence-corrected chi connectivity index (χ3v) is 7.46. The maximum Gasteiger partial charge on any atom is 0.255 e. The zero-order valence-corrected chi connectivity index (χ0v) is 20.5. The standard InChI is InChI=1S/C30H29N3O3/c1-19-11-13-21(14-12-19)27-26(24-9-5-6-10-25(24)31-27)28-22-7-3-4-8-23(22)30(35)33(28)20(2)29(34)32-15-17-36-18-16-32/h3-14,20,28,31H,15-18H2,1-2H3/t20-,28-/m1/s1. The molecule has 1 N–H and O–H groups in total. The molecule has 0 bridgehead atoms. The van der Waals surface area contributed by atoms with E-state index < -0.39 is 6.04 Å². The van der Waals surface area contributed by atoms with Crippen LogP contribution in [0.15, 0.2) is 72.8 Å². The second-order valence-electron chi connectivity index (χ2n) is 9.64. The minimum absolute atomic E-state index is 0.0406. The third kappa shape index (κ3) is 3.60. The number of carbonyl (C=O) groups is 2. The third-order valence-electron chi connectivity index (χ3n) is 7.46. The number of aromatic nitrogens is 1. The van der Waals surface area contributed by atoms with E-state index in [0.717, 1.165) is 33.3 Å². The van der Waals surface area contributed by atoms with Gasteiger partial charge in [0.25, 0.3) is 5.91 Å². The maximum absolute atomic E-state index is 13.9. The molecule has 2 amide bonds. The Labute approximate surface area is 210 Å². The lowest BCUT2D eigenvalue weighted by atomic mass is 9.92. The number of hydrogen-bond acceptors (Lipinski definition) is 3. The molecular formula is C30H29N3O3. The number of morpholine rings is 1. The predicted molar refractivity (Wildman–Crippen MR) is 140 cm³/mol. The molecule has 36 heavy (non-hydrogen) atoms. The molecule has 0 spiro atoms. The summed E-state index contributed by atoms with van der Waals surface area (Å²) in [6, 6.07) is 23.3. The fourth-order valence-corrected chi connectivity index (χ4v) is 5.59. The minimum Gasteiger partial charge on any atom is -0.378 e. The molecule has 4 aromatic rings. The smallest absolute Gasteiger partial charge is 0.255 e. The fourth-order valence-electron chi connectivity index (χ4n) is 5.59. The van der Waals surface area contributed by atoms with Crippen molar-refractivity contribution in [2.75, 3.05) is 26.3 Å². The van der Waals surface area contributed by atoms with E-state index in [1.807, 2.05) is 48.2 Å². The second-order valence-corrected chi connectivity index (χ2v) is 9.64. The second kappa shape index (κ2) is 8.95. The van der Waals surface area contributed by atoms with E-state index in [1.54, 1.807) is 4.90 Å². The molecule has 1 fully saturated rings. The van der Waals surface area contributed by atoms with Gasteiger partial charge < -0.3 is 19.5 Å². The summed E-state index contributed by atoms with van der Waals surface area (Å²) >= 11 is 0. The van der Waals surface area contributed by atoms with Gasteiger partial charge in [0.2, 0.25) is 5.91 Å². The van der Waals surface area contributed by atoms with Crippen LogP contribution in [0.2, 0.25) is 0 Å². The van der Waals surface area contributed by atoms with Gasteiger partial charge in [0.1, 0.15) is 6.04 Å². The number of fused-ring (bicyclic) bond motifs is 2. The Kier molecular flexibility index (Phi) is 5.61. The van der Waals surface area contributed by atoms with Crippen LogP contribution in [-0.4, -0.2) is 58.9 Å². The number of ether oxygens (including phenoxy) is 1. The van der Waals surface area contributed by atoms with Crippen molar-refractivity contribution >= 4 is 22.7 Å². The molecule has 6 heteroatoms. The molecule has 6 nitrogen and oxygen atoms in total. The van der Waals surface area contributed by atoms with Gasteiger partial charge in [0.15, 0.2) is 0 Å². The lowest BCUT2D eigenvalue weighted by molar-refractivity contribution is -0.140. The van der Waals surface area contributed by atoms with Crippen molar-refractivity contribution in [2.24, 2.45) is 0 Å². The van der Waals surface area contributed by atoms with Crippen molar-refractivity contribution in [3.63, 3.8) is 0 Å². The molecule has 0 radical (unpaired) electrons. The van der Waals surface area contributed by atoms with E-state index in [-0.39, 0.29) is 17.9 Å². The number of rotatable bonds is 4. The molecule has 1 saturated heterocycles. The monoisotopic (exact) mass is 479 g/mol. The normalized spacial score (nSPS) is 18.5. The highest BCUT2D eigenvalue weighted by Gasteiger charge is 2.45. The molecule has 0 aliphatic carbocycles. The van der Waals surface area contributed by atoms with Crippen LogP contribution in [0.3, 0.4) is 0 Å². The Hall–Kier alpha value is -3.90. The topological polar surface area (TPSA) is 65.6 Å².